The maximum atomic E-state index is 2.73. The fourth-order valence-corrected chi connectivity index (χ4v) is 4.83. The highest BCUT2D eigenvalue weighted by atomic mass is 15.2. The molecular formula is C23H49N. The Labute approximate surface area is 155 Å². The Kier molecular flexibility index (Phi) is 13.2. The van der Waals surface area contributed by atoms with Crippen molar-refractivity contribution in [3.63, 3.8) is 0 Å². The van der Waals surface area contributed by atoms with E-state index in [0.717, 1.165) is 17.8 Å². The zero-order valence-electron chi connectivity index (χ0n) is 18.5. The largest absolute Gasteiger partial charge is 0.300 e. The second kappa shape index (κ2) is 13.2. The predicted octanol–water partition coefficient (Wildman–Crippen LogP) is 7.55. The molecular weight excluding hydrogens is 290 g/mol. The van der Waals surface area contributed by atoms with Crippen LogP contribution in [0, 0.1) is 17.8 Å². The first-order valence-electron chi connectivity index (χ1n) is 11.2. The normalized spacial score (nSPS) is 15.2. The fraction of sp³-hybridized carbons (Fsp3) is 1.00. The zero-order chi connectivity index (χ0) is 18.6. The lowest BCUT2D eigenvalue weighted by Crippen LogP contribution is -2.47. The summed E-state index contributed by atoms with van der Waals surface area (Å²) in [6.45, 7) is 18.0. The third-order valence-electron chi connectivity index (χ3n) is 7.09. The molecule has 0 bridgehead atoms. The smallest absolute Gasteiger partial charge is 0.0201 e. The van der Waals surface area contributed by atoms with Crippen LogP contribution in [0.5, 0.6) is 0 Å². The topological polar surface area (TPSA) is 3.24 Å². The molecule has 0 N–H and O–H groups in total. The van der Waals surface area contributed by atoms with Crippen LogP contribution in [0.1, 0.15) is 113 Å². The van der Waals surface area contributed by atoms with Crippen molar-refractivity contribution in [3.8, 4) is 0 Å². The number of hydrogen-bond donors (Lipinski definition) is 0. The average molecular weight is 340 g/mol. The van der Waals surface area contributed by atoms with E-state index in [0.29, 0.717) is 5.54 Å². The van der Waals surface area contributed by atoms with Crippen molar-refractivity contribution < 1.29 is 0 Å². The van der Waals surface area contributed by atoms with Crippen molar-refractivity contribution in [3.05, 3.63) is 0 Å². The summed E-state index contributed by atoms with van der Waals surface area (Å²) in [6, 6.07) is 0. The van der Waals surface area contributed by atoms with E-state index in [-0.39, 0.29) is 0 Å². The van der Waals surface area contributed by atoms with Crippen LogP contribution in [0.25, 0.3) is 0 Å². The van der Waals surface area contributed by atoms with Crippen LogP contribution in [-0.4, -0.2) is 24.0 Å². The van der Waals surface area contributed by atoms with E-state index in [9.17, 15) is 0 Å². The van der Waals surface area contributed by atoms with Crippen molar-refractivity contribution in [2.75, 3.05) is 13.6 Å². The molecule has 0 spiro atoms. The first-order valence-corrected chi connectivity index (χ1v) is 11.2. The summed E-state index contributed by atoms with van der Waals surface area (Å²) < 4.78 is 0. The van der Waals surface area contributed by atoms with Crippen LogP contribution in [0.4, 0.5) is 0 Å². The number of hydrogen-bond acceptors (Lipinski definition) is 1. The molecule has 24 heavy (non-hydrogen) atoms. The summed E-state index contributed by atoms with van der Waals surface area (Å²) >= 11 is 0. The molecule has 0 saturated carbocycles. The van der Waals surface area contributed by atoms with Gasteiger partial charge in [-0.25, -0.2) is 0 Å². The molecule has 1 nitrogen and oxygen atoms in total. The Morgan fingerprint density at radius 3 is 1.83 bits per heavy atom. The van der Waals surface area contributed by atoms with Gasteiger partial charge in [-0.1, -0.05) is 87.0 Å². The van der Waals surface area contributed by atoms with Crippen LogP contribution in [0.15, 0.2) is 0 Å². The van der Waals surface area contributed by atoms with Crippen LogP contribution >= 0.6 is 0 Å². The van der Waals surface area contributed by atoms with Gasteiger partial charge in [-0.05, 0) is 50.5 Å². The zero-order valence-corrected chi connectivity index (χ0v) is 18.5. The van der Waals surface area contributed by atoms with Crippen LogP contribution < -0.4 is 0 Å². The van der Waals surface area contributed by atoms with E-state index in [4.69, 9.17) is 0 Å². The predicted molar refractivity (Wildman–Crippen MR) is 112 cm³/mol. The van der Waals surface area contributed by atoms with Gasteiger partial charge in [-0.2, -0.15) is 0 Å². The van der Waals surface area contributed by atoms with Crippen molar-refractivity contribution in [1.29, 1.82) is 0 Å². The van der Waals surface area contributed by atoms with Gasteiger partial charge in [-0.15, -0.1) is 0 Å². The Hall–Kier alpha value is -0.0400. The molecule has 0 saturated heterocycles. The van der Waals surface area contributed by atoms with Gasteiger partial charge in [0.05, 0.1) is 0 Å². The highest BCUT2D eigenvalue weighted by Crippen LogP contribution is 2.32. The van der Waals surface area contributed by atoms with Crippen LogP contribution in [0.3, 0.4) is 0 Å². The lowest BCUT2D eigenvalue weighted by Gasteiger charge is -2.43. The molecule has 0 aromatic carbocycles. The Morgan fingerprint density at radius 1 is 0.833 bits per heavy atom. The van der Waals surface area contributed by atoms with E-state index >= 15 is 0 Å². The standard InChI is InChI=1S/C23H49N/c1-9-16-21(10-2)19-24(8)23(13-5,14-6)18-15-17-20(7)22(11-3)12-4/h20-22H,9-19H2,1-8H3. The SMILES string of the molecule is CCCC(CC)CN(C)C(CC)(CC)CCCC(C)C(CC)CC. The molecule has 0 rings (SSSR count). The van der Waals surface area contributed by atoms with Gasteiger partial charge in [0.2, 0.25) is 0 Å². The monoisotopic (exact) mass is 339 g/mol. The van der Waals surface area contributed by atoms with E-state index < -0.39 is 0 Å². The molecule has 1 heteroatoms. The Bertz CT molecular complexity index is 278. The first-order chi connectivity index (χ1) is 11.4. The van der Waals surface area contributed by atoms with Crippen molar-refractivity contribution in [1.82, 2.24) is 4.90 Å². The second-order valence-corrected chi connectivity index (χ2v) is 8.32. The van der Waals surface area contributed by atoms with E-state index in [2.05, 4.69) is 60.4 Å². The van der Waals surface area contributed by atoms with Gasteiger partial charge in [-0.3, -0.25) is 0 Å². The van der Waals surface area contributed by atoms with Crippen molar-refractivity contribution in [2.45, 2.75) is 118 Å². The molecule has 0 aromatic heterocycles. The molecule has 0 aromatic rings. The molecule has 2 unspecified atom stereocenters. The molecule has 0 aliphatic heterocycles. The van der Waals surface area contributed by atoms with E-state index in [1.54, 1.807) is 0 Å². The summed E-state index contributed by atoms with van der Waals surface area (Å²) in [5.41, 5.74) is 0.425. The maximum absolute atomic E-state index is 2.73. The van der Waals surface area contributed by atoms with Crippen LogP contribution in [-0.2, 0) is 0 Å². The maximum Gasteiger partial charge on any atom is 0.0201 e. The highest BCUT2D eigenvalue weighted by molar-refractivity contribution is 4.88. The minimum atomic E-state index is 0.425. The lowest BCUT2D eigenvalue weighted by molar-refractivity contribution is 0.0729. The quantitative estimate of drug-likeness (QED) is 0.298. The molecule has 0 aliphatic carbocycles. The molecule has 0 heterocycles. The van der Waals surface area contributed by atoms with Gasteiger partial charge >= 0.3 is 0 Å². The van der Waals surface area contributed by atoms with Crippen molar-refractivity contribution in [2.24, 2.45) is 17.8 Å². The molecule has 0 fully saturated rings. The third kappa shape index (κ3) is 7.46. The minimum Gasteiger partial charge on any atom is -0.300 e. The summed E-state index contributed by atoms with van der Waals surface area (Å²) in [4.78, 5) is 2.73. The Balaban J connectivity index is 4.68. The van der Waals surface area contributed by atoms with Crippen molar-refractivity contribution >= 4 is 0 Å². The summed E-state index contributed by atoms with van der Waals surface area (Å²) in [5, 5.41) is 0. The second-order valence-electron chi connectivity index (χ2n) is 8.32. The van der Waals surface area contributed by atoms with Gasteiger partial charge in [0, 0.05) is 12.1 Å². The number of rotatable bonds is 15. The Morgan fingerprint density at radius 2 is 1.42 bits per heavy atom. The van der Waals surface area contributed by atoms with Crippen LogP contribution in [0.2, 0.25) is 0 Å². The highest BCUT2D eigenvalue weighted by Gasteiger charge is 2.31. The van der Waals surface area contributed by atoms with Gasteiger partial charge in [0.25, 0.3) is 0 Å². The molecule has 0 aliphatic rings. The van der Waals surface area contributed by atoms with E-state index in [1.807, 2.05) is 0 Å². The summed E-state index contributed by atoms with van der Waals surface area (Å²) in [5.74, 6) is 2.69. The van der Waals surface area contributed by atoms with Gasteiger partial charge < -0.3 is 4.90 Å². The minimum absolute atomic E-state index is 0.425. The first kappa shape index (κ1) is 24.0. The summed E-state index contributed by atoms with van der Waals surface area (Å²) in [7, 11) is 2.40. The lowest BCUT2D eigenvalue weighted by atomic mass is 9.80. The summed E-state index contributed by atoms with van der Waals surface area (Å²) in [6.07, 6.45) is 13.5. The average Bonchev–Trinajstić information content (AvgIpc) is 2.59. The van der Waals surface area contributed by atoms with E-state index in [1.165, 1.54) is 70.8 Å². The molecule has 0 amide bonds. The molecule has 2 atom stereocenters. The molecule has 146 valence electrons. The van der Waals surface area contributed by atoms with Gasteiger partial charge in [0.15, 0.2) is 0 Å². The third-order valence-corrected chi connectivity index (χ3v) is 7.09. The number of nitrogens with zero attached hydrogens (tertiary/aromatic N) is 1. The fourth-order valence-electron chi connectivity index (χ4n) is 4.83. The molecule has 0 radical (unpaired) electrons. The van der Waals surface area contributed by atoms with Gasteiger partial charge in [0.1, 0.15) is 0 Å².